The summed E-state index contributed by atoms with van der Waals surface area (Å²) in [5, 5.41) is 11.7. The monoisotopic (exact) mass is 496 g/mol. The molecule has 2 aromatic rings. The van der Waals surface area contributed by atoms with Crippen LogP contribution in [-0.2, 0) is 11.0 Å². The molecule has 1 amide bonds. The Bertz CT molecular complexity index is 1010. The van der Waals surface area contributed by atoms with Crippen molar-refractivity contribution in [3.05, 3.63) is 57.6 Å². The number of alkyl halides is 3. The minimum atomic E-state index is -4.54. The summed E-state index contributed by atoms with van der Waals surface area (Å²) >= 11 is 3.38. The molecule has 2 aromatic carbocycles. The van der Waals surface area contributed by atoms with Crippen molar-refractivity contribution in [1.82, 2.24) is 0 Å². The molecule has 5 nitrogen and oxygen atoms in total. The maximum Gasteiger partial charge on any atom is 0.416 e. The first-order chi connectivity index (χ1) is 14.7. The Kier molecular flexibility index (Phi) is 8.51. The van der Waals surface area contributed by atoms with Crippen molar-refractivity contribution in [1.29, 1.82) is 5.26 Å². The van der Waals surface area contributed by atoms with Crippen LogP contribution in [0.1, 0.15) is 31.4 Å². The third-order valence-electron chi connectivity index (χ3n) is 3.94. The van der Waals surface area contributed by atoms with Gasteiger partial charge in [-0.15, -0.1) is 0 Å². The Morgan fingerprint density at radius 2 is 1.90 bits per heavy atom. The van der Waals surface area contributed by atoms with Crippen LogP contribution in [0.4, 0.5) is 18.9 Å². The molecule has 0 atom stereocenters. The molecule has 2 rings (SSSR count). The van der Waals surface area contributed by atoms with Crippen LogP contribution < -0.4 is 14.8 Å². The van der Waals surface area contributed by atoms with Gasteiger partial charge in [-0.05, 0) is 55.3 Å². The lowest BCUT2D eigenvalue weighted by Gasteiger charge is -2.14. The molecule has 0 aliphatic rings. The summed E-state index contributed by atoms with van der Waals surface area (Å²) in [5.41, 5.74) is -0.788. The fourth-order valence-corrected chi connectivity index (χ4v) is 2.97. The number of carbonyl (C=O) groups is 1. The molecule has 9 heteroatoms. The molecule has 0 saturated heterocycles. The highest BCUT2D eigenvalue weighted by Gasteiger charge is 2.30. The van der Waals surface area contributed by atoms with E-state index in [0.717, 1.165) is 18.6 Å². The van der Waals surface area contributed by atoms with E-state index in [1.807, 2.05) is 13.8 Å². The number of halogens is 4. The zero-order valence-corrected chi connectivity index (χ0v) is 18.4. The van der Waals surface area contributed by atoms with Gasteiger partial charge in [0.15, 0.2) is 11.5 Å². The molecule has 164 valence electrons. The van der Waals surface area contributed by atoms with Gasteiger partial charge in [0.05, 0.1) is 18.8 Å². The number of hydrogen-bond acceptors (Lipinski definition) is 4. The van der Waals surface area contributed by atoms with Gasteiger partial charge in [0.25, 0.3) is 5.91 Å². The molecule has 0 heterocycles. The number of rotatable bonds is 8. The average Bonchev–Trinajstić information content (AvgIpc) is 2.72. The van der Waals surface area contributed by atoms with E-state index in [1.165, 1.54) is 18.2 Å². The lowest BCUT2D eigenvalue weighted by molar-refractivity contribution is -0.137. The number of hydrogen-bond donors (Lipinski definition) is 1. The van der Waals surface area contributed by atoms with E-state index in [9.17, 15) is 23.2 Å². The van der Waals surface area contributed by atoms with Gasteiger partial charge in [0, 0.05) is 10.2 Å². The van der Waals surface area contributed by atoms with Crippen LogP contribution >= 0.6 is 15.9 Å². The van der Waals surface area contributed by atoms with Gasteiger partial charge in [-0.25, -0.2) is 0 Å². The SMILES string of the molecule is CCCOc1cc(Br)c(/C=C(\C#N)C(=O)Nc2cccc(C(F)(F)F)c2)cc1OCC. The minimum Gasteiger partial charge on any atom is -0.490 e. The van der Waals surface area contributed by atoms with Gasteiger partial charge in [0.2, 0.25) is 0 Å². The number of carbonyl (C=O) groups excluding carboxylic acids is 1. The molecule has 1 N–H and O–H groups in total. The topological polar surface area (TPSA) is 71.3 Å². The second kappa shape index (κ2) is 10.9. The molecular formula is C22H20BrF3N2O3. The van der Waals surface area contributed by atoms with Gasteiger partial charge in [0.1, 0.15) is 11.6 Å². The first-order valence-corrected chi connectivity index (χ1v) is 10.2. The lowest BCUT2D eigenvalue weighted by Crippen LogP contribution is -2.14. The molecule has 0 unspecified atom stereocenters. The Morgan fingerprint density at radius 3 is 2.52 bits per heavy atom. The highest BCUT2D eigenvalue weighted by atomic mass is 79.9. The van der Waals surface area contributed by atoms with Gasteiger partial charge in [-0.2, -0.15) is 18.4 Å². The Hall–Kier alpha value is -2.99. The van der Waals surface area contributed by atoms with E-state index in [1.54, 1.807) is 18.2 Å². The summed E-state index contributed by atoms with van der Waals surface area (Å²) in [5.74, 6) is 0.124. The standard InChI is InChI=1S/C22H20BrF3N2O3/c1-3-8-31-20-12-18(23)14(10-19(20)30-4-2)9-15(13-27)21(29)28-17-7-5-6-16(11-17)22(24,25)26/h5-7,9-12H,3-4,8H2,1-2H3,(H,28,29)/b15-9+. The Balaban J connectivity index is 2.33. The predicted octanol–water partition coefficient (Wildman–Crippen LogP) is 6.20. The molecule has 0 fully saturated rings. The minimum absolute atomic E-state index is 0.0710. The third kappa shape index (κ3) is 6.76. The zero-order valence-electron chi connectivity index (χ0n) is 16.8. The second-order valence-electron chi connectivity index (χ2n) is 6.30. The molecule has 0 bridgehead atoms. The summed E-state index contributed by atoms with van der Waals surface area (Å²) in [7, 11) is 0. The summed E-state index contributed by atoms with van der Waals surface area (Å²) in [6, 6.07) is 9.25. The van der Waals surface area contributed by atoms with Crippen LogP contribution in [0.2, 0.25) is 0 Å². The molecule has 0 spiro atoms. The molecule has 0 radical (unpaired) electrons. The average molecular weight is 497 g/mol. The Morgan fingerprint density at radius 1 is 1.19 bits per heavy atom. The summed E-state index contributed by atoms with van der Waals surface area (Å²) < 4.78 is 50.4. The highest BCUT2D eigenvalue weighted by molar-refractivity contribution is 9.10. The van der Waals surface area contributed by atoms with E-state index in [0.29, 0.717) is 34.7 Å². The van der Waals surface area contributed by atoms with Gasteiger partial charge in [-0.1, -0.05) is 28.9 Å². The summed E-state index contributed by atoms with van der Waals surface area (Å²) in [6.45, 7) is 4.65. The number of nitrogens with zero attached hydrogens (tertiary/aromatic N) is 1. The maximum atomic E-state index is 12.9. The first-order valence-electron chi connectivity index (χ1n) is 9.39. The van der Waals surface area contributed by atoms with Crippen molar-refractivity contribution in [2.45, 2.75) is 26.4 Å². The fourth-order valence-electron chi connectivity index (χ4n) is 2.53. The molecule has 0 aliphatic carbocycles. The van der Waals surface area contributed by atoms with Crippen molar-refractivity contribution in [2.24, 2.45) is 0 Å². The van der Waals surface area contributed by atoms with Crippen molar-refractivity contribution in [3.63, 3.8) is 0 Å². The molecule has 0 aromatic heterocycles. The number of benzene rings is 2. The Labute approximate surface area is 186 Å². The fraction of sp³-hybridized carbons (Fsp3) is 0.273. The van der Waals surface area contributed by atoms with Crippen LogP contribution in [-0.4, -0.2) is 19.1 Å². The number of anilines is 1. The maximum absolute atomic E-state index is 12.9. The van der Waals surface area contributed by atoms with E-state index >= 15 is 0 Å². The van der Waals surface area contributed by atoms with Crippen molar-refractivity contribution < 1.29 is 27.4 Å². The van der Waals surface area contributed by atoms with Gasteiger partial charge in [-0.3, -0.25) is 4.79 Å². The number of nitrogens with one attached hydrogen (secondary N) is 1. The highest BCUT2D eigenvalue weighted by Crippen LogP contribution is 2.35. The van der Waals surface area contributed by atoms with Crippen LogP contribution in [0.25, 0.3) is 6.08 Å². The van der Waals surface area contributed by atoms with Crippen LogP contribution in [0.15, 0.2) is 46.4 Å². The summed E-state index contributed by atoms with van der Waals surface area (Å²) in [4.78, 5) is 12.5. The van der Waals surface area contributed by atoms with E-state index in [-0.39, 0.29) is 11.3 Å². The third-order valence-corrected chi connectivity index (χ3v) is 4.62. The van der Waals surface area contributed by atoms with Crippen molar-refractivity contribution in [3.8, 4) is 17.6 Å². The van der Waals surface area contributed by atoms with E-state index < -0.39 is 17.6 Å². The number of amides is 1. The second-order valence-corrected chi connectivity index (χ2v) is 7.16. The van der Waals surface area contributed by atoms with E-state index in [2.05, 4.69) is 21.2 Å². The van der Waals surface area contributed by atoms with Crippen LogP contribution in [0.3, 0.4) is 0 Å². The smallest absolute Gasteiger partial charge is 0.416 e. The predicted molar refractivity (Wildman–Crippen MR) is 115 cm³/mol. The summed E-state index contributed by atoms with van der Waals surface area (Å²) in [6.07, 6.45) is -2.42. The molecular weight excluding hydrogens is 477 g/mol. The zero-order chi connectivity index (χ0) is 23.0. The van der Waals surface area contributed by atoms with Crippen molar-refractivity contribution >= 4 is 33.6 Å². The molecule has 0 saturated carbocycles. The lowest BCUT2D eigenvalue weighted by atomic mass is 10.1. The van der Waals surface area contributed by atoms with Crippen LogP contribution in [0.5, 0.6) is 11.5 Å². The number of ether oxygens (including phenoxy) is 2. The quantitative estimate of drug-likeness (QED) is 0.348. The van der Waals surface area contributed by atoms with Crippen molar-refractivity contribution in [2.75, 3.05) is 18.5 Å². The molecule has 31 heavy (non-hydrogen) atoms. The van der Waals surface area contributed by atoms with Gasteiger partial charge >= 0.3 is 6.18 Å². The van der Waals surface area contributed by atoms with Gasteiger partial charge < -0.3 is 14.8 Å². The van der Waals surface area contributed by atoms with Crippen LogP contribution in [0, 0.1) is 11.3 Å². The number of nitriles is 1. The molecule has 0 aliphatic heterocycles. The largest absolute Gasteiger partial charge is 0.490 e. The first kappa shape index (κ1) is 24.3. The normalized spacial score (nSPS) is 11.6. The van der Waals surface area contributed by atoms with E-state index in [4.69, 9.17) is 9.47 Å².